The van der Waals surface area contributed by atoms with Crippen molar-refractivity contribution in [3.8, 4) is 0 Å². The van der Waals surface area contributed by atoms with Crippen LogP contribution >= 0.6 is 0 Å². The molecular weight excluding hydrogens is 498 g/mol. The molecule has 1 aromatic rings. The fourth-order valence-electron chi connectivity index (χ4n) is 6.71. The highest BCUT2D eigenvalue weighted by molar-refractivity contribution is 6.05. The molecule has 1 spiro atoms. The summed E-state index contributed by atoms with van der Waals surface area (Å²) in [5.41, 5.74) is 0.561. The number of esters is 1. The van der Waals surface area contributed by atoms with Crippen molar-refractivity contribution in [1.29, 1.82) is 0 Å². The summed E-state index contributed by atoms with van der Waals surface area (Å²) in [6.07, 6.45) is 4.10. The van der Waals surface area contributed by atoms with Crippen LogP contribution in [0.2, 0.25) is 0 Å². The molecule has 0 saturated carbocycles. The topological polar surface area (TPSA) is 99.6 Å². The largest absolute Gasteiger partial charge is 0.461 e. The summed E-state index contributed by atoms with van der Waals surface area (Å²) >= 11 is 0. The second kappa shape index (κ2) is 11.9. The third-order valence-corrected chi connectivity index (χ3v) is 8.53. The van der Waals surface area contributed by atoms with Crippen LogP contribution in [0.1, 0.15) is 40.0 Å². The first-order chi connectivity index (χ1) is 18.8. The molecule has 2 amide bonds. The number of carbonyl (C=O) groups is 3. The van der Waals surface area contributed by atoms with E-state index >= 15 is 0 Å². The van der Waals surface area contributed by atoms with E-state index in [0.717, 1.165) is 18.8 Å². The van der Waals surface area contributed by atoms with E-state index in [4.69, 9.17) is 9.47 Å². The maximum absolute atomic E-state index is 14.5. The molecule has 9 heteroatoms. The van der Waals surface area contributed by atoms with Crippen molar-refractivity contribution < 1.29 is 29.0 Å². The van der Waals surface area contributed by atoms with E-state index in [1.54, 1.807) is 11.0 Å². The van der Waals surface area contributed by atoms with Gasteiger partial charge in [-0.2, -0.15) is 0 Å². The number of hydrogen-bond donors (Lipinski definition) is 1. The first-order valence-corrected chi connectivity index (χ1v) is 14.0. The Hall–Kier alpha value is -3.17. The normalized spacial score (nSPS) is 27.7. The van der Waals surface area contributed by atoms with E-state index in [1.165, 1.54) is 11.0 Å². The van der Waals surface area contributed by atoms with Crippen molar-refractivity contribution in [3.05, 3.63) is 49.6 Å². The Kier molecular flexibility index (Phi) is 8.81. The van der Waals surface area contributed by atoms with Crippen LogP contribution in [0, 0.1) is 11.8 Å². The van der Waals surface area contributed by atoms with Crippen LogP contribution in [0.5, 0.6) is 0 Å². The summed E-state index contributed by atoms with van der Waals surface area (Å²) in [6, 6.07) is 6.19. The molecule has 4 rings (SSSR count). The van der Waals surface area contributed by atoms with Gasteiger partial charge in [-0.1, -0.05) is 25.7 Å². The molecule has 9 nitrogen and oxygen atoms in total. The summed E-state index contributed by atoms with van der Waals surface area (Å²) in [6.45, 7) is 15.2. The average molecular weight is 540 g/mol. The Morgan fingerprint density at radius 3 is 2.41 bits per heavy atom. The molecule has 0 radical (unpaired) electrons. The van der Waals surface area contributed by atoms with Crippen LogP contribution in [0.25, 0.3) is 0 Å². The maximum Gasteiger partial charge on any atom is 0.312 e. The van der Waals surface area contributed by atoms with Gasteiger partial charge >= 0.3 is 5.97 Å². The molecule has 3 aliphatic rings. The minimum Gasteiger partial charge on any atom is -0.461 e. The van der Waals surface area contributed by atoms with E-state index in [9.17, 15) is 19.5 Å². The highest BCUT2D eigenvalue weighted by Gasteiger charge is 2.75. The fraction of sp³-hybridized carbons (Fsp3) is 0.567. The molecule has 3 aliphatic heterocycles. The van der Waals surface area contributed by atoms with Gasteiger partial charge in [-0.25, -0.2) is 0 Å². The van der Waals surface area contributed by atoms with Crippen molar-refractivity contribution in [2.75, 3.05) is 42.6 Å². The minimum atomic E-state index is -1.17. The molecule has 6 atom stereocenters. The summed E-state index contributed by atoms with van der Waals surface area (Å²) in [7, 11) is 0. The molecular formula is C30H41N3O6. The molecule has 3 fully saturated rings. The number of carbonyl (C=O) groups excluding carboxylic acids is 3. The van der Waals surface area contributed by atoms with Crippen molar-refractivity contribution in [3.63, 3.8) is 0 Å². The second-order valence-electron chi connectivity index (χ2n) is 10.4. The zero-order valence-electron chi connectivity index (χ0n) is 23.3. The van der Waals surface area contributed by atoms with E-state index < -0.39 is 41.6 Å². The van der Waals surface area contributed by atoms with Gasteiger partial charge in [0.25, 0.3) is 5.91 Å². The number of rotatable bonds is 13. The van der Waals surface area contributed by atoms with Crippen LogP contribution in [-0.2, 0) is 23.9 Å². The van der Waals surface area contributed by atoms with Gasteiger partial charge in [0.05, 0.1) is 30.6 Å². The molecule has 0 aromatic heterocycles. The van der Waals surface area contributed by atoms with Crippen LogP contribution in [0.3, 0.4) is 0 Å². The number of hydrogen-bond acceptors (Lipinski definition) is 7. The number of ether oxygens (including phenoxy) is 2. The summed E-state index contributed by atoms with van der Waals surface area (Å²) in [5, 5.41) is 10.2. The van der Waals surface area contributed by atoms with Crippen molar-refractivity contribution in [2.45, 2.75) is 63.8 Å². The predicted molar refractivity (Wildman–Crippen MR) is 149 cm³/mol. The second-order valence-corrected chi connectivity index (χ2v) is 10.4. The first kappa shape index (κ1) is 28.8. The quantitative estimate of drug-likeness (QED) is 0.304. The van der Waals surface area contributed by atoms with Crippen molar-refractivity contribution in [1.82, 2.24) is 4.90 Å². The minimum absolute atomic E-state index is 0.0346. The number of nitrogens with zero attached hydrogens (tertiary/aromatic N) is 3. The molecule has 39 heavy (non-hydrogen) atoms. The Morgan fingerprint density at radius 2 is 1.85 bits per heavy atom. The van der Waals surface area contributed by atoms with Crippen molar-refractivity contribution >= 4 is 29.2 Å². The standard InChI is InChI=1S/C30H41N3O6/c1-6-17-32(22-13-11-21(12-14-22)31(9-4)10-5)28(36)26-30-16-15-23(39-30)24(29(37)38-18-7-2)25(30)27(35)33(26)20(8-3)19-34/h6-7,11-14,20,23-26,34H,1-2,8-10,15-19H2,3-5H3/t20-,23+,24-,25-,26?,30?/m0/s1. The summed E-state index contributed by atoms with van der Waals surface area (Å²) in [4.78, 5) is 47.0. The molecule has 3 saturated heterocycles. The number of benzene rings is 1. The molecule has 0 aliphatic carbocycles. The van der Waals surface area contributed by atoms with Crippen LogP contribution in [0.4, 0.5) is 11.4 Å². The number of aliphatic hydroxyl groups is 1. The van der Waals surface area contributed by atoms with E-state index in [2.05, 4.69) is 31.9 Å². The lowest BCUT2D eigenvalue weighted by atomic mass is 9.70. The summed E-state index contributed by atoms with van der Waals surface area (Å²) < 4.78 is 11.8. The van der Waals surface area contributed by atoms with Gasteiger partial charge < -0.3 is 29.3 Å². The molecule has 212 valence electrons. The predicted octanol–water partition coefficient (Wildman–Crippen LogP) is 2.93. The zero-order chi connectivity index (χ0) is 28.3. The average Bonchev–Trinajstić information content (AvgIpc) is 3.60. The molecule has 1 aromatic carbocycles. The Bertz CT molecular complexity index is 1080. The van der Waals surface area contributed by atoms with Crippen molar-refractivity contribution in [2.24, 2.45) is 11.8 Å². The molecule has 2 bridgehead atoms. The SMILES string of the molecule is C=CCOC(=O)[C@@H]1[C@H]2C(=O)N([C@@H](CC)CO)C(C(=O)N(CC=C)c3ccc(N(CC)CC)cc3)C23CC[C@H]1O3. The van der Waals surface area contributed by atoms with Gasteiger partial charge in [0.1, 0.15) is 18.2 Å². The van der Waals surface area contributed by atoms with Gasteiger partial charge in [-0.05, 0) is 57.4 Å². The third kappa shape index (κ3) is 4.76. The van der Waals surface area contributed by atoms with Gasteiger partial charge in [-0.15, -0.1) is 6.58 Å². The molecule has 1 N–H and O–H groups in total. The van der Waals surface area contributed by atoms with Gasteiger partial charge in [0.2, 0.25) is 5.91 Å². The Labute approximate surface area is 231 Å². The van der Waals surface area contributed by atoms with Gasteiger partial charge in [0.15, 0.2) is 0 Å². The summed E-state index contributed by atoms with van der Waals surface area (Å²) in [5.74, 6) is -2.82. The van der Waals surface area contributed by atoms with Gasteiger partial charge in [-0.3, -0.25) is 14.4 Å². The number of likely N-dealkylation sites (tertiary alicyclic amines) is 1. The number of anilines is 2. The lowest BCUT2D eigenvalue weighted by Crippen LogP contribution is -2.59. The maximum atomic E-state index is 14.5. The number of amides is 2. The lowest BCUT2D eigenvalue weighted by molar-refractivity contribution is -0.154. The fourth-order valence-corrected chi connectivity index (χ4v) is 6.71. The third-order valence-electron chi connectivity index (χ3n) is 8.53. The molecule has 3 heterocycles. The zero-order valence-corrected chi connectivity index (χ0v) is 23.3. The first-order valence-electron chi connectivity index (χ1n) is 14.0. The van der Waals surface area contributed by atoms with Crippen LogP contribution < -0.4 is 9.80 Å². The number of fused-ring (bicyclic) bond motifs is 1. The number of aliphatic hydroxyl groups excluding tert-OH is 1. The monoisotopic (exact) mass is 539 g/mol. The lowest BCUT2D eigenvalue weighted by Gasteiger charge is -2.39. The van der Waals surface area contributed by atoms with Gasteiger partial charge in [0, 0.05) is 31.0 Å². The van der Waals surface area contributed by atoms with E-state index in [0.29, 0.717) is 24.9 Å². The Morgan fingerprint density at radius 1 is 1.18 bits per heavy atom. The smallest absolute Gasteiger partial charge is 0.312 e. The molecule has 2 unspecified atom stereocenters. The van der Waals surface area contributed by atoms with E-state index in [1.807, 2.05) is 31.2 Å². The highest BCUT2D eigenvalue weighted by Crippen LogP contribution is 2.59. The highest BCUT2D eigenvalue weighted by atomic mass is 16.6. The Balaban J connectivity index is 1.75. The van der Waals surface area contributed by atoms with Crippen LogP contribution in [0.15, 0.2) is 49.6 Å². The van der Waals surface area contributed by atoms with E-state index in [-0.39, 0.29) is 31.6 Å². The van der Waals surface area contributed by atoms with Crippen LogP contribution in [-0.4, -0.2) is 84.4 Å².